The zero-order valence-corrected chi connectivity index (χ0v) is 12.3. The molecule has 84 valence electrons. The molecule has 0 unspecified atom stereocenters. The van der Waals surface area contributed by atoms with Gasteiger partial charge in [0.1, 0.15) is 6.29 Å². The number of hydrogen-bond donors (Lipinski definition) is 1. The molecule has 0 saturated heterocycles. The largest absolute Gasteiger partial charge is 0.357 e. The average Bonchev–Trinajstić information content (AvgIpc) is 2.15. The second-order valence-corrected chi connectivity index (χ2v) is 5.34. The Morgan fingerprint density at radius 2 is 1.60 bits per heavy atom. The molecule has 15 heavy (non-hydrogen) atoms. The second kappa shape index (κ2) is 5.30. The highest BCUT2D eigenvalue weighted by Gasteiger charge is 2.13. The maximum absolute atomic E-state index is 3.53. The fraction of sp³-hybridized carbons (Fsp3) is 0.455. The monoisotopic (exact) mass is 223 g/mol. The van der Waals surface area contributed by atoms with E-state index in [1.165, 1.54) is 10.9 Å². The zero-order valence-electron chi connectivity index (χ0n) is 10.3. The molecule has 0 aliphatic rings. The van der Waals surface area contributed by atoms with Crippen LogP contribution in [0.25, 0.3) is 0 Å². The van der Waals surface area contributed by atoms with Crippen LogP contribution < -0.4 is 10.5 Å². The van der Waals surface area contributed by atoms with Crippen molar-refractivity contribution in [3.05, 3.63) is 24.3 Å². The van der Waals surface area contributed by atoms with Gasteiger partial charge in [-0.2, -0.15) is 0 Å². The van der Waals surface area contributed by atoms with Gasteiger partial charge in [-0.25, -0.2) is 0 Å². The van der Waals surface area contributed by atoms with Crippen LogP contribution in [0.5, 0.6) is 0 Å². The standard InChI is InChI=1S/C11H21N3Si/c1-13(2)11(14(3)4)12-9-7-5-6-8-10(9)15/h5-8,11-12H,1-4,15H3. The van der Waals surface area contributed by atoms with Gasteiger partial charge in [0, 0.05) is 15.9 Å². The Hall–Kier alpha value is -0.843. The summed E-state index contributed by atoms with van der Waals surface area (Å²) in [6.45, 7) is 0. The second-order valence-electron chi connectivity index (χ2n) is 4.26. The molecule has 1 rings (SSSR count). The summed E-state index contributed by atoms with van der Waals surface area (Å²) in [6.07, 6.45) is 0.236. The Labute approximate surface area is 95.5 Å². The van der Waals surface area contributed by atoms with Crippen LogP contribution in [0.1, 0.15) is 0 Å². The lowest BCUT2D eigenvalue weighted by atomic mass is 10.3. The smallest absolute Gasteiger partial charge is 0.136 e. The third-order valence-corrected chi connectivity index (χ3v) is 3.28. The van der Waals surface area contributed by atoms with E-state index in [4.69, 9.17) is 0 Å². The molecule has 0 aliphatic heterocycles. The van der Waals surface area contributed by atoms with E-state index in [9.17, 15) is 0 Å². The van der Waals surface area contributed by atoms with Crippen LogP contribution in [-0.4, -0.2) is 54.5 Å². The quantitative estimate of drug-likeness (QED) is 0.548. The van der Waals surface area contributed by atoms with Crippen molar-refractivity contribution < 1.29 is 0 Å². The van der Waals surface area contributed by atoms with Gasteiger partial charge in [0.25, 0.3) is 0 Å². The fourth-order valence-corrected chi connectivity index (χ4v) is 2.10. The summed E-state index contributed by atoms with van der Waals surface area (Å²) in [7, 11) is 9.38. The summed E-state index contributed by atoms with van der Waals surface area (Å²) in [5.74, 6) is 0. The molecule has 4 heteroatoms. The van der Waals surface area contributed by atoms with Crippen LogP contribution in [0, 0.1) is 0 Å². The van der Waals surface area contributed by atoms with Crippen LogP contribution in [0.4, 0.5) is 5.69 Å². The van der Waals surface area contributed by atoms with Gasteiger partial charge in [-0.1, -0.05) is 18.2 Å². The van der Waals surface area contributed by atoms with E-state index in [0.717, 1.165) is 10.2 Å². The van der Waals surface area contributed by atoms with E-state index >= 15 is 0 Å². The van der Waals surface area contributed by atoms with Crippen molar-refractivity contribution in [3.8, 4) is 0 Å². The van der Waals surface area contributed by atoms with Crippen LogP contribution in [0.2, 0.25) is 0 Å². The highest BCUT2D eigenvalue weighted by molar-refractivity contribution is 6.35. The molecule has 0 atom stereocenters. The van der Waals surface area contributed by atoms with E-state index < -0.39 is 0 Å². The first-order valence-corrected chi connectivity index (χ1v) is 6.17. The van der Waals surface area contributed by atoms with Crippen molar-refractivity contribution >= 4 is 21.1 Å². The average molecular weight is 223 g/mol. The Balaban J connectivity index is 2.79. The minimum atomic E-state index is 0.236. The van der Waals surface area contributed by atoms with Crippen molar-refractivity contribution in [3.63, 3.8) is 0 Å². The Kier molecular flexibility index (Phi) is 4.32. The highest BCUT2D eigenvalue weighted by Crippen LogP contribution is 2.06. The summed E-state index contributed by atoms with van der Waals surface area (Å²) in [5.41, 5.74) is 1.25. The number of hydrogen-bond acceptors (Lipinski definition) is 3. The first kappa shape index (κ1) is 12.2. The maximum atomic E-state index is 3.53. The van der Waals surface area contributed by atoms with Crippen molar-refractivity contribution in [1.82, 2.24) is 9.80 Å². The van der Waals surface area contributed by atoms with E-state index in [-0.39, 0.29) is 6.29 Å². The molecule has 0 aliphatic carbocycles. The Bertz CT molecular complexity index is 304. The van der Waals surface area contributed by atoms with Crippen LogP contribution in [0.15, 0.2) is 24.3 Å². The molecule has 1 N–H and O–H groups in total. The molecule has 0 fully saturated rings. The fourth-order valence-electron chi connectivity index (χ4n) is 1.59. The minimum absolute atomic E-state index is 0.236. The van der Waals surface area contributed by atoms with Crippen LogP contribution >= 0.6 is 0 Å². The van der Waals surface area contributed by atoms with Gasteiger partial charge < -0.3 is 5.32 Å². The first-order valence-electron chi connectivity index (χ1n) is 5.17. The molecule has 1 aromatic rings. The summed E-state index contributed by atoms with van der Waals surface area (Å²) >= 11 is 0. The van der Waals surface area contributed by atoms with Gasteiger partial charge in [-0.3, -0.25) is 9.80 Å². The number of nitrogens with one attached hydrogen (secondary N) is 1. The molecule has 1 aromatic carbocycles. The number of anilines is 1. The lowest BCUT2D eigenvalue weighted by Gasteiger charge is -2.32. The normalized spacial score (nSPS) is 11.7. The number of nitrogens with zero attached hydrogens (tertiary/aromatic N) is 2. The number of benzene rings is 1. The van der Waals surface area contributed by atoms with Crippen molar-refractivity contribution in [2.75, 3.05) is 33.5 Å². The van der Waals surface area contributed by atoms with Gasteiger partial charge in [-0.15, -0.1) is 0 Å². The van der Waals surface area contributed by atoms with E-state index in [0.29, 0.717) is 0 Å². The van der Waals surface area contributed by atoms with Crippen molar-refractivity contribution in [1.29, 1.82) is 0 Å². The predicted octanol–water partition coefficient (Wildman–Crippen LogP) is -0.504. The summed E-state index contributed by atoms with van der Waals surface area (Å²) in [6, 6.07) is 8.49. The SMILES string of the molecule is CN(C)C(Nc1ccccc1[SiH3])N(C)C. The summed E-state index contributed by atoms with van der Waals surface area (Å²) in [4.78, 5) is 4.32. The third kappa shape index (κ3) is 3.34. The van der Waals surface area contributed by atoms with Gasteiger partial charge in [0.15, 0.2) is 0 Å². The van der Waals surface area contributed by atoms with Gasteiger partial charge in [0.2, 0.25) is 0 Å². The first-order chi connectivity index (χ1) is 7.02. The predicted molar refractivity (Wildman–Crippen MR) is 70.8 cm³/mol. The summed E-state index contributed by atoms with van der Waals surface area (Å²) in [5, 5.41) is 4.94. The van der Waals surface area contributed by atoms with E-state index in [1.807, 2.05) is 0 Å². The number of para-hydroxylation sites is 1. The summed E-state index contributed by atoms with van der Waals surface area (Å²) < 4.78 is 0. The molecule has 0 bridgehead atoms. The van der Waals surface area contributed by atoms with E-state index in [1.54, 1.807) is 0 Å². The number of rotatable bonds is 4. The zero-order chi connectivity index (χ0) is 11.4. The van der Waals surface area contributed by atoms with E-state index in [2.05, 4.69) is 67.6 Å². The topological polar surface area (TPSA) is 18.5 Å². The lowest BCUT2D eigenvalue weighted by molar-refractivity contribution is 0.156. The molecule has 0 amide bonds. The molecular formula is C11H21N3Si. The Morgan fingerprint density at radius 3 is 2.07 bits per heavy atom. The molecule has 0 heterocycles. The van der Waals surface area contributed by atoms with Gasteiger partial charge in [-0.05, 0) is 39.4 Å². The molecule has 0 spiro atoms. The molecule has 3 nitrogen and oxygen atoms in total. The maximum Gasteiger partial charge on any atom is 0.136 e. The van der Waals surface area contributed by atoms with Gasteiger partial charge >= 0.3 is 0 Å². The molecular weight excluding hydrogens is 202 g/mol. The highest BCUT2D eigenvalue weighted by atomic mass is 28.1. The van der Waals surface area contributed by atoms with Crippen molar-refractivity contribution in [2.24, 2.45) is 0 Å². The molecule has 0 saturated carbocycles. The van der Waals surface area contributed by atoms with Crippen LogP contribution in [0.3, 0.4) is 0 Å². The van der Waals surface area contributed by atoms with Crippen molar-refractivity contribution in [2.45, 2.75) is 6.29 Å². The van der Waals surface area contributed by atoms with Gasteiger partial charge in [0.05, 0.1) is 0 Å². The molecule has 0 radical (unpaired) electrons. The molecule has 0 aromatic heterocycles. The third-order valence-electron chi connectivity index (χ3n) is 2.41. The Morgan fingerprint density at radius 1 is 1.07 bits per heavy atom. The van der Waals surface area contributed by atoms with Crippen LogP contribution in [-0.2, 0) is 0 Å². The lowest BCUT2D eigenvalue weighted by Crippen LogP contribution is -2.47. The minimum Gasteiger partial charge on any atom is -0.357 e.